The average molecular weight is 301 g/mol. The smallest absolute Gasteiger partial charge is 0.162 e. The van der Waals surface area contributed by atoms with Crippen molar-refractivity contribution in [3.8, 4) is 0 Å². The van der Waals surface area contributed by atoms with Gasteiger partial charge in [-0.25, -0.2) is 8.78 Å². The minimum atomic E-state index is -0.782. The van der Waals surface area contributed by atoms with Gasteiger partial charge >= 0.3 is 0 Å². The Morgan fingerprint density at radius 3 is 3.00 bits per heavy atom. The van der Waals surface area contributed by atoms with Crippen molar-refractivity contribution >= 4 is 11.8 Å². The maximum Gasteiger partial charge on any atom is 0.162 e. The Hall–Kier alpha value is -0.650. The Morgan fingerprint density at radius 1 is 1.45 bits per heavy atom. The predicted octanol–water partition coefficient (Wildman–Crippen LogP) is 3.01. The summed E-state index contributed by atoms with van der Waals surface area (Å²) in [5.41, 5.74) is 0.415. The predicted molar refractivity (Wildman–Crippen MR) is 79.2 cm³/mol. The Bertz CT molecular complexity index is 424. The summed E-state index contributed by atoms with van der Waals surface area (Å²) < 4.78 is 32.9. The van der Waals surface area contributed by atoms with E-state index in [4.69, 9.17) is 4.74 Å². The molecule has 0 bridgehead atoms. The van der Waals surface area contributed by atoms with Gasteiger partial charge in [-0.05, 0) is 31.0 Å². The van der Waals surface area contributed by atoms with E-state index in [0.717, 1.165) is 37.1 Å². The van der Waals surface area contributed by atoms with Crippen molar-refractivity contribution < 1.29 is 13.5 Å². The lowest BCUT2D eigenvalue weighted by molar-refractivity contribution is 0.0469. The minimum absolute atomic E-state index is 0.0269. The molecule has 1 N–H and O–H groups in total. The van der Waals surface area contributed by atoms with Gasteiger partial charge in [-0.2, -0.15) is 11.8 Å². The fourth-order valence-corrected chi connectivity index (χ4v) is 3.29. The second kappa shape index (κ2) is 7.96. The summed E-state index contributed by atoms with van der Waals surface area (Å²) in [7, 11) is 0. The number of ether oxygens (including phenoxy) is 1. The molecule has 2 rings (SSSR count). The van der Waals surface area contributed by atoms with Crippen LogP contribution in [-0.2, 0) is 11.2 Å². The first kappa shape index (κ1) is 15.7. The second-order valence-corrected chi connectivity index (χ2v) is 6.11. The molecule has 1 heterocycles. The van der Waals surface area contributed by atoms with Gasteiger partial charge in [0.15, 0.2) is 11.6 Å². The van der Waals surface area contributed by atoms with Gasteiger partial charge in [0, 0.05) is 17.5 Å². The van der Waals surface area contributed by atoms with E-state index in [0.29, 0.717) is 12.0 Å². The molecular formula is C15H21F2NOS. The molecule has 0 spiro atoms. The quantitative estimate of drug-likeness (QED) is 0.873. The summed E-state index contributed by atoms with van der Waals surface area (Å²) >= 11 is 1.85. The third kappa shape index (κ3) is 4.17. The molecule has 20 heavy (non-hydrogen) atoms. The van der Waals surface area contributed by atoms with Crippen molar-refractivity contribution in [3.63, 3.8) is 0 Å². The summed E-state index contributed by atoms with van der Waals surface area (Å²) in [6.07, 6.45) is 1.51. The topological polar surface area (TPSA) is 21.3 Å². The number of halogens is 2. The molecule has 1 aliphatic rings. The van der Waals surface area contributed by atoms with Crippen molar-refractivity contribution in [3.05, 3.63) is 35.4 Å². The van der Waals surface area contributed by atoms with Gasteiger partial charge < -0.3 is 10.1 Å². The first-order valence-electron chi connectivity index (χ1n) is 7.08. The standard InChI is InChI=1S/C15H21F2NOS/c1-2-6-18-13(14-10-20-8-7-19-14)9-11-4-3-5-12(16)15(11)17/h3-5,13-14,18H,2,6-10H2,1H3. The molecule has 5 heteroatoms. The van der Waals surface area contributed by atoms with E-state index in [9.17, 15) is 8.78 Å². The largest absolute Gasteiger partial charge is 0.375 e. The van der Waals surface area contributed by atoms with Crippen molar-refractivity contribution in [1.82, 2.24) is 5.32 Å². The maximum atomic E-state index is 13.8. The Balaban J connectivity index is 2.07. The zero-order valence-corrected chi connectivity index (χ0v) is 12.5. The molecule has 0 aromatic heterocycles. The van der Waals surface area contributed by atoms with E-state index in [1.54, 1.807) is 12.1 Å². The highest BCUT2D eigenvalue weighted by Crippen LogP contribution is 2.20. The number of benzene rings is 1. The molecule has 2 atom stereocenters. The third-order valence-electron chi connectivity index (χ3n) is 3.42. The molecule has 1 saturated heterocycles. The number of thioether (sulfide) groups is 1. The SMILES string of the molecule is CCCNC(Cc1cccc(F)c1F)C1CSCCO1. The Morgan fingerprint density at radius 2 is 2.30 bits per heavy atom. The molecule has 1 aromatic rings. The molecular weight excluding hydrogens is 280 g/mol. The van der Waals surface area contributed by atoms with Crippen LogP contribution in [0.4, 0.5) is 8.78 Å². The van der Waals surface area contributed by atoms with Crippen molar-refractivity contribution in [2.45, 2.75) is 31.9 Å². The Labute approximate surface area is 123 Å². The molecule has 2 unspecified atom stereocenters. The van der Waals surface area contributed by atoms with E-state index in [1.807, 2.05) is 11.8 Å². The zero-order chi connectivity index (χ0) is 14.4. The maximum absolute atomic E-state index is 13.8. The molecule has 1 fully saturated rings. The lowest BCUT2D eigenvalue weighted by atomic mass is 10.0. The highest BCUT2D eigenvalue weighted by molar-refractivity contribution is 7.99. The number of rotatable bonds is 6. The van der Waals surface area contributed by atoms with Gasteiger partial charge in [-0.15, -0.1) is 0 Å². The van der Waals surface area contributed by atoms with E-state index in [1.165, 1.54) is 0 Å². The van der Waals surface area contributed by atoms with Crippen LogP contribution in [0.15, 0.2) is 18.2 Å². The summed E-state index contributed by atoms with van der Waals surface area (Å²) in [6.45, 7) is 3.67. The van der Waals surface area contributed by atoms with Crippen LogP contribution in [0.5, 0.6) is 0 Å². The molecule has 2 nitrogen and oxygen atoms in total. The molecule has 1 aliphatic heterocycles. The van der Waals surface area contributed by atoms with Gasteiger partial charge in [0.25, 0.3) is 0 Å². The highest BCUT2D eigenvalue weighted by atomic mass is 32.2. The fraction of sp³-hybridized carbons (Fsp3) is 0.600. The van der Waals surface area contributed by atoms with Crippen molar-refractivity contribution in [1.29, 1.82) is 0 Å². The third-order valence-corrected chi connectivity index (χ3v) is 4.44. The van der Waals surface area contributed by atoms with Crippen LogP contribution < -0.4 is 5.32 Å². The molecule has 0 saturated carbocycles. The van der Waals surface area contributed by atoms with Crippen LogP contribution >= 0.6 is 11.8 Å². The zero-order valence-electron chi connectivity index (χ0n) is 11.7. The van der Waals surface area contributed by atoms with E-state index < -0.39 is 11.6 Å². The monoisotopic (exact) mass is 301 g/mol. The molecule has 0 aliphatic carbocycles. The number of nitrogens with one attached hydrogen (secondary N) is 1. The normalized spacial score (nSPS) is 20.9. The van der Waals surface area contributed by atoms with Crippen LogP contribution in [0.3, 0.4) is 0 Å². The van der Waals surface area contributed by atoms with Gasteiger partial charge in [-0.1, -0.05) is 19.1 Å². The second-order valence-electron chi connectivity index (χ2n) is 4.96. The van der Waals surface area contributed by atoms with Gasteiger partial charge in [0.1, 0.15) is 0 Å². The van der Waals surface area contributed by atoms with E-state index in [-0.39, 0.29) is 12.1 Å². The van der Waals surface area contributed by atoms with Gasteiger partial charge in [0.2, 0.25) is 0 Å². The first-order valence-corrected chi connectivity index (χ1v) is 8.23. The fourth-order valence-electron chi connectivity index (χ4n) is 2.35. The lowest BCUT2D eigenvalue weighted by Gasteiger charge is -2.31. The number of hydrogen-bond acceptors (Lipinski definition) is 3. The van der Waals surface area contributed by atoms with Crippen LogP contribution in [0.2, 0.25) is 0 Å². The van der Waals surface area contributed by atoms with Crippen LogP contribution in [0, 0.1) is 11.6 Å². The summed E-state index contributed by atoms with van der Waals surface area (Å²) in [4.78, 5) is 0. The minimum Gasteiger partial charge on any atom is -0.375 e. The molecule has 0 amide bonds. The average Bonchev–Trinajstić information content (AvgIpc) is 2.48. The molecule has 1 aromatic carbocycles. The molecule has 0 radical (unpaired) electrons. The first-order chi connectivity index (χ1) is 9.72. The van der Waals surface area contributed by atoms with Crippen LogP contribution in [-0.4, -0.2) is 36.8 Å². The Kier molecular flexibility index (Phi) is 6.26. The number of hydrogen-bond donors (Lipinski definition) is 1. The van der Waals surface area contributed by atoms with Crippen molar-refractivity contribution in [2.24, 2.45) is 0 Å². The highest BCUT2D eigenvalue weighted by Gasteiger charge is 2.25. The van der Waals surface area contributed by atoms with E-state index >= 15 is 0 Å². The van der Waals surface area contributed by atoms with Crippen LogP contribution in [0.1, 0.15) is 18.9 Å². The molecule has 112 valence electrons. The summed E-state index contributed by atoms with van der Waals surface area (Å²) in [5, 5.41) is 3.41. The summed E-state index contributed by atoms with van der Waals surface area (Å²) in [5.74, 6) is 0.388. The van der Waals surface area contributed by atoms with Gasteiger partial charge in [-0.3, -0.25) is 0 Å². The van der Waals surface area contributed by atoms with E-state index in [2.05, 4.69) is 12.2 Å². The lowest BCUT2D eigenvalue weighted by Crippen LogP contribution is -2.46. The van der Waals surface area contributed by atoms with Gasteiger partial charge in [0.05, 0.1) is 12.7 Å². The summed E-state index contributed by atoms with van der Waals surface area (Å²) in [6, 6.07) is 4.38. The van der Waals surface area contributed by atoms with Crippen LogP contribution in [0.25, 0.3) is 0 Å². The van der Waals surface area contributed by atoms with Crippen molar-refractivity contribution in [2.75, 3.05) is 24.7 Å².